The molecule has 0 heterocycles. The molecule has 0 atom stereocenters. The molecule has 1 saturated carbocycles. The van der Waals surface area contributed by atoms with Crippen molar-refractivity contribution < 1.29 is 0 Å². The molecule has 72 valence electrons. The van der Waals surface area contributed by atoms with Gasteiger partial charge in [0, 0.05) is 0 Å². The molecule has 0 aromatic heterocycles. The van der Waals surface area contributed by atoms with Gasteiger partial charge >= 0.3 is 0 Å². The molecular weight excluding hydrogens is 156 g/mol. The van der Waals surface area contributed by atoms with E-state index >= 15 is 0 Å². The Kier molecular flexibility index (Phi) is 3.53. The summed E-state index contributed by atoms with van der Waals surface area (Å²) in [5.74, 6) is 0.899. The fourth-order valence-corrected chi connectivity index (χ4v) is 1.68. The molecule has 0 bridgehead atoms. The van der Waals surface area contributed by atoms with Crippen LogP contribution < -0.4 is 0 Å². The number of rotatable bonds is 1. The van der Waals surface area contributed by atoms with Crippen LogP contribution in [0.1, 0.15) is 49.3 Å². The van der Waals surface area contributed by atoms with Gasteiger partial charge in [0.2, 0.25) is 0 Å². The molecule has 0 aliphatic heterocycles. The van der Waals surface area contributed by atoms with Crippen LogP contribution in [0.3, 0.4) is 0 Å². The average Bonchev–Trinajstić information content (AvgIpc) is 2.91. The first-order valence-electron chi connectivity index (χ1n) is 5.34. The summed E-state index contributed by atoms with van der Waals surface area (Å²) in [7, 11) is 0. The molecule has 0 nitrogen and oxygen atoms in total. The molecule has 1 aromatic rings. The third-order valence-corrected chi connectivity index (χ3v) is 2.44. The molecule has 1 aliphatic carbocycles. The van der Waals surface area contributed by atoms with Gasteiger partial charge in [-0.1, -0.05) is 37.6 Å². The lowest BCUT2D eigenvalue weighted by Gasteiger charge is -2.03. The maximum atomic E-state index is 2.29. The third-order valence-electron chi connectivity index (χ3n) is 2.44. The SMILES string of the molecule is CC.Cc1ccc(C2CC2)c(C)c1. The van der Waals surface area contributed by atoms with E-state index in [1.807, 2.05) is 13.8 Å². The minimum absolute atomic E-state index is 0.899. The van der Waals surface area contributed by atoms with Gasteiger partial charge < -0.3 is 0 Å². The van der Waals surface area contributed by atoms with E-state index in [4.69, 9.17) is 0 Å². The molecular formula is C13H20. The van der Waals surface area contributed by atoms with Crippen molar-refractivity contribution in [3.8, 4) is 0 Å². The van der Waals surface area contributed by atoms with Crippen LogP contribution in [0.4, 0.5) is 0 Å². The van der Waals surface area contributed by atoms with Gasteiger partial charge in [0.1, 0.15) is 0 Å². The summed E-state index contributed by atoms with van der Waals surface area (Å²) in [6.07, 6.45) is 2.81. The van der Waals surface area contributed by atoms with Crippen molar-refractivity contribution in [3.05, 3.63) is 34.9 Å². The van der Waals surface area contributed by atoms with Crippen LogP contribution in [0.15, 0.2) is 18.2 Å². The van der Waals surface area contributed by atoms with Crippen LogP contribution in [0, 0.1) is 13.8 Å². The van der Waals surface area contributed by atoms with E-state index in [-0.39, 0.29) is 0 Å². The van der Waals surface area contributed by atoms with Crippen LogP contribution >= 0.6 is 0 Å². The molecule has 0 amide bonds. The van der Waals surface area contributed by atoms with Gasteiger partial charge in [0.25, 0.3) is 0 Å². The first-order valence-corrected chi connectivity index (χ1v) is 5.34. The molecule has 0 heteroatoms. The highest BCUT2D eigenvalue weighted by molar-refractivity contribution is 5.35. The van der Waals surface area contributed by atoms with Crippen molar-refractivity contribution in [2.24, 2.45) is 0 Å². The van der Waals surface area contributed by atoms with Crippen molar-refractivity contribution >= 4 is 0 Å². The lowest BCUT2D eigenvalue weighted by atomic mass is 10.0. The summed E-state index contributed by atoms with van der Waals surface area (Å²) in [5, 5.41) is 0. The molecule has 0 unspecified atom stereocenters. The van der Waals surface area contributed by atoms with Gasteiger partial charge in [0.05, 0.1) is 0 Å². The minimum Gasteiger partial charge on any atom is -0.0683 e. The average molecular weight is 176 g/mol. The number of hydrogen-bond acceptors (Lipinski definition) is 0. The van der Waals surface area contributed by atoms with Crippen molar-refractivity contribution in [2.75, 3.05) is 0 Å². The van der Waals surface area contributed by atoms with Crippen molar-refractivity contribution in [3.63, 3.8) is 0 Å². The lowest BCUT2D eigenvalue weighted by molar-refractivity contribution is 1.09. The Bertz CT molecular complexity index is 269. The molecule has 13 heavy (non-hydrogen) atoms. The first kappa shape index (κ1) is 10.3. The first-order chi connectivity index (χ1) is 6.27. The molecule has 0 N–H and O–H groups in total. The summed E-state index contributed by atoms with van der Waals surface area (Å²) in [6.45, 7) is 8.38. The standard InChI is InChI=1S/C11H14.C2H6/c1-8-3-6-11(9(2)7-8)10-4-5-10;1-2/h3,6-7,10H,4-5H2,1-2H3;1-2H3. The van der Waals surface area contributed by atoms with Crippen LogP contribution in [0.5, 0.6) is 0 Å². The zero-order valence-corrected chi connectivity index (χ0v) is 9.22. The van der Waals surface area contributed by atoms with Crippen LogP contribution in [-0.4, -0.2) is 0 Å². The zero-order chi connectivity index (χ0) is 9.84. The highest BCUT2D eigenvalue weighted by atomic mass is 14.3. The van der Waals surface area contributed by atoms with Crippen LogP contribution in [-0.2, 0) is 0 Å². The van der Waals surface area contributed by atoms with Gasteiger partial charge in [-0.15, -0.1) is 0 Å². The van der Waals surface area contributed by atoms with E-state index in [0.717, 1.165) is 5.92 Å². The van der Waals surface area contributed by atoms with Crippen LogP contribution in [0.2, 0.25) is 0 Å². The van der Waals surface area contributed by atoms with Crippen LogP contribution in [0.25, 0.3) is 0 Å². The predicted molar refractivity (Wildman–Crippen MR) is 59.2 cm³/mol. The Morgan fingerprint density at radius 3 is 2.15 bits per heavy atom. The van der Waals surface area contributed by atoms with E-state index in [1.54, 1.807) is 5.56 Å². The maximum Gasteiger partial charge on any atom is -0.0159 e. The third kappa shape index (κ3) is 2.58. The largest absolute Gasteiger partial charge is 0.0683 e. The molecule has 1 aromatic carbocycles. The maximum absolute atomic E-state index is 2.29. The minimum atomic E-state index is 0.899. The summed E-state index contributed by atoms with van der Waals surface area (Å²) in [5.41, 5.74) is 4.44. The smallest absolute Gasteiger partial charge is 0.0159 e. The fraction of sp³-hybridized carbons (Fsp3) is 0.538. The topological polar surface area (TPSA) is 0 Å². The van der Waals surface area contributed by atoms with Gasteiger partial charge in [-0.25, -0.2) is 0 Å². The van der Waals surface area contributed by atoms with Gasteiger partial charge in [0.15, 0.2) is 0 Å². The molecule has 1 fully saturated rings. The van der Waals surface area contributed by atoms with Crippen molar-refractivity contribution in [2.45, 2.75) is 46.5 Å². The van der Waals surface area contributed by atoms with E-state index in [9.17, 15) is 0 Å². The van der Waals surface area contributed by atoms with Gasteiger partial charge in [-0.2, -0.15) is 0 Å². The predicted octanol–water partition coefficient (Wildman–Crippen LogP) is 4.21. The van der Waals surface area contributed by atoms with Crippen molar-refractivity contribution in [1.82, 2.24) is 0 Å². The van der Waals surface area contributed by atoms with E-state index in [1.165, 1.54) is 24.0 Å². The van der Waals surface area contributed by atoms with Gasteiger partial charge in [-0.05, 0) is 43.7 Å². The zero-order valence-electron chi connectivity index (χ0n) is 9.22. The summed E-state index contributed by atoms with van der Waals surface area (Å²) in [4.78, 5) is 0. The summed E-state index contributed by atoms with van der Waals surface area (Å²) in [6, 6.07) is 6.80. The molecule has 0 radical (unpaired) electrons. The Morgan fingerprint density at radius 1 is 1.08 bits per heavy atom. The second kappa shape index (κ2) is 4.45. The molecule has 1 aliphatic rings. The summed E-state index contributed by atoms with van der Waals surface area (Å²) < 4.78 is 0. The number of hydrogen-bond donors (Lipinski definition) is 0. The quantitative estimate of drug-likeness (QED) is 0.601. The van der Waals surface area contributed by atoms with Gasteiger partial charge in [-0.3, -0.25) is 0 Å². The number of aryl methyl sites for hydroxylation is 2. The molecule has 0 spiro atoms. The Morgan fingerprint density at radius 2 is 1.69 bits per heavy atom. The molecule has 0 saturated heterocycles. The normalized spacial score (nSPS) is 14.8. The second-order valence-electron chi connectivity index (χ2n) is 3.63. The van der Waals surface area contributed by atoms with E-state index < -0.39 is 0 Å². The monoisotopic (exact) mass is 176 g/mol. The highest BCUT2D eigenvalue weighted by Crippen LogP contribution is 2.41. The van der Waals surface area contributed by atoms with E-state index in [0.29, 0.717) is 0 Å². The van der Waals surface area contributed by atoms with E-state index in [2.05, 4.69) is 32.0 Å². The van der Waals surface area contributed by atoms with Crippen molar-refractivity contribution in [1.29, 1.82) is 0 Å². The fourth-order valence-electron chi connectivity index (χ4n) is 1.68. The Balaban J connectivity index is 0.000000396. The lowest BCUT2D eigenvalue weighted by Crippen LogP contribution is -1.85. The summed E-state index contributed by atoms with van der Waals surface area (Å²) >= 11 is 0. The Labute approximate surface area is 82.0 Å². The highest BCUT2D eigenvalue weighted by Gasteiger charge is 2.24. The second-order valence-corrected chi connectivity index (χ2v) is 3.63. The Hall–Kier alpha value is -0.780. The molecule has 2 rings (SSSR count). The number of benzene rings is 1.